The van der Waals surface area contributed by atoms with E-state index in [4.69, 9.17) is 9.26 Å². The van der Waals surface area contributed by atoms with Gasteiger partial charge in [-0.05, 0) is 62.7 Å². The molecule has 7 nitrogen and oxygen atoms in total. The molecule has 0 aliphatic heterocycles. The van der Waals surface area contributed by atoms with E-state index in [-0.39, 0.29) is 18.1 Å². The van der Waals surface area contributed by atoms with Gasteiger partial charge in [0, 0.05) is 4.47 Å². The van der Waals surface area contributed by atoms with Crippen LogP contribution < -0.4 is 10.1 Å². The molecule has 2 heterocycles. The van der Waals surface area contributed by atoms with Crippen molar-refractivity contribution in [1.29, 1.82) is 0 Å². The van der Waals surface area contributed by atoms with Gasteiger partial charge in [-0.1, -0.05) is 33.2 Å². The zero-order chi connectivity index (χ0) is 23.5. The average Bonchev–Trinajstić information content (AvgIpc) is 3.29. The molecule has 1 N–H and O–H groups in total. The Hall–Kier alpha value is -3.46. The number of benzene rings is 2. The number of hydrogen-bond acceptors (Lipinski definition) is 5. The Morgan fingerprint density at radius 2 is 1.82 bits per heavy atom. The number of ether oxygens (including phenoxy) is 1. The van der Waals surface area contributed by atoms with Crippen LogP contribution in [0.1, 0.15) is 38.8 Å². The van der Waals surface area contributed by atoms with Crippen LogP contribution in [0.25, 0.3) is 0 Å². The van der Waals surface area contributed by atoms with Crippen LogP contribution in [0.3, 0.4) is 0 Å². The van der Waals surface area contributed by atoms with Crippen molar-refractivity contribution in [2.75, 3.05) is 5.32 Å². The monoisotopic (exact) mass is 512 g/mol. The summed E-state index contributed by atoms with van der Waals surface area (Å²) in [5.41, 5.74) is 3.90. The summed E-state index contributed by atoms with van der Waals surface area (Å²) in [6.07, 6.45) is 0. The number of nitrogens with zero attached hydrogens (tertiary/aromatic N) is 3. The lowest BCUT2D eigenvalue weighted by molar-refractivity contribution is 0.101. The molecule has 0 unspecified atom stereocenters. The van der Waals surface area contributed by atoms with Crippen molar-refractivity contribution in [3.8, 4) is 5.75 Å². The van der Waals surface area contributed by atoms with E-state index in [0.717, 1.165) is 15.7 Å². The fraction of sp³-hybridized carbons (Fsp3) is 0.208. The summed E-state index contributed by atoms with van der Waals surface area (Å²) < 4.78 is 26.9. The first kappa shape index (κ1) is 22.7. The number of nitrogens with one attached hydrogen (secondary N) is 1. The highest BCUT2D eigenvalue weighted by Crippen LogP contribution is 2.24. The average molecular weight is 513 g/mol. The molecule has 170 valence electrons. The smallest absolute Gasteiger partial charge is 0.278 e. The fourth-order valence-corrected chi connectivity index (χ4v) is 3.66. The van der Waals surface area contributed by atoms with Gasteiger partial charge in [-0.15, -0.1) is 0 Å². The highest BCUT2D eigenvalue weighted by Gasteiger charge is 2.23. The summed E-state index contributed by atoms with van der Waals surface area (Å²) in [6.45, 7) is 6.09. The Kier molecular flexibility index (Phi) is 6.60. The van der Waals surface area contributed by atoms with Gasteiger partial charge in [-0.2, -0.15) is 5.10 Å². The van der Waals surface area contributed by atoms with E-state index in [2.05, 4.69) is 31.5 Å². The van der Waals surface area contributed by atoms with Gasteiger partial charge in [0.2, 0.25) is 0 Å². The number of rotatable bonds is 7. The maximum Gasteiger partial charge on any atom is 0.278 e. The molecular weight excluding hydrogens is 491 g/mol. The lowest BCUT2D eigenvalue weighted by Crippen LogP contribution is -2.16. The van der Waals surface area contributed by atoms with Crippen LogP contribution in [-0.2, 0) is 13.2 Å². The first-order valence-electron chi connectivity index (χ1n) is 10.2. The summed E-state index contributed by atoms with van der Waals surface area (Å²) in [5, 5.41) is 11.4. The van der Waals surface area contributed by atoms with Gasteiger partial charge in [0.05, 0.1) is 29.2 Å². The van der Waals surface area contributed by atoms with Crippen molar-refractivity contribution in [2.24, 2.45) is 0 Å². The minimum atomic E-state index is -0.418. The molecule has 4 rings (SSSR count). The first-order chi connectivity index (χ1) is 15.8. The van der Waals surface area contributed by atoms with Crippen LogP contribution in [0.4, 0.5) is 10.1 Å². The van der Waals surface area contributed by atoms with Gasteiger partial charge in [-0.3, -0.25) is 9.48 Å². The van der Waals surface area contributed by atoms with Crippen LogP contribution in [-0.4, -0.2) is 20.8 Å². The van der Waals surface area contributed by atoms with E-state index in [1.807, 2.05) is 42.8 Å². The van der Waals surface area contributed by atoms with Gasteiger partial charge in [0.25, 0.3) is 5.91 Å². The van der Waals surface area contributed by atoms with E-state index in [1.54, 1.807) is 6.92 Å². The maximum atomic E-state index is 13.1. The van der Waals surface area contributed by atoms with Gasteiger partial charge in [-0.25, -0.2) is 4.39 Å². The molecule has 0 aliphatic rings. The maximum absolute atomic E-state index is 13.1. The molecule has 0 bridgehead atoms. The Balaban J connectivity index is 1.50. The van der Waals surface area contributed by atoms with Crippen molar-refractivity contribution in [3.63, 3.8) is 0 Å². The molecule has 2 aromatic carbocycles. The van der Waals surface area contributed by atoms with Crippen molar-refractivity contribution in [1.82, 2.24) is 14.9 Å². The second-order valence-electron chi connectivity index (χ2n) is 7.59. The Labute approximate surface area is 198 Å². The van der Waals surface area contributed by atoms with Gasteiger partial charge in [0.1, 0.15) is 23.9 Å². The topological polar surface area (TPSA) is 82.2 Å². The predicted molar refractivity (Wildman–Crippen MR) is 125 cm³/mol. The minimum Gasteiger partial charge on any atom is -0.489 e. The van der Waals surface area contributed by atoms with E-state index < -0.39 is 5.91 Å². The number of hydrogen-bond donors (Lipinski definition) is 1. The summed E-state index contributed by atoms with van der Waals surface area (Å²) in [7, 11) is 0. The molecule has 2 aromatic heterocycles. The number of aromatic nitrogens is 3. The number of halogens is 2. The number of carbonyl (C=O) groups is 1. The molecule has 0 radical (unpaired) electrons. The number of aryl methyl sites for hydroxylation is 2. The Morgan fingerprint density at radius 3 is 2.52 bits per heavy atom. The lowest BCUT2D eigenvalue weighted by atomic mass is 10.2. The molecule has 4 aromatic rings. The molecule has 1 amide bonds. The molecule has 9 heteroatoms. The quantitative estimate of drug-likeness (QED) is 0.349. The van der Waals surface area contributed by atoms with Crippen LogP contribution in [0.5, 0.6) is 5.75 Å². The third-order valence-corrected chi connectivity index (χ3v) is 5.79. The minimum absolute atomic E-state index is 0.0600. The highest BCUT2D eigenvalue weighted by molar-refractivity contribution is 9.10. The zero-order valence-corrected chi connectivity index (χ0v) is 19.9. The van der Waals surface area contributed by atoms with E-state index in [0.29, 0.717) is 35.0 Å². The van der Waals surface area contributed by atoms with Crippen LogP contribution in [0.15, 0.2) is 57.5 Å². The highest BCUT2D eigenvalue weighted by atomic mass is 79.9. The Bertz CT molecular complexity index is 1280. The normalized spacial score (nSPS) is 10.9. The summed E-state index contributed by atoms with van der Waals surface area (Å²) in [6, 6.07) is 13.6. The van der Waals surface area contributed by atoms with Crippen LogP contribution in [0, 0.1) is 26.6 Å². The lowest BCUT2D eigenvalue weighted by Gasteiger charge is -2.08. The zero-order valence-electron chi connectivity index (χ0n) is 18.4. The van der Waals surface area contributed by atoms with Gasteiger partial charge >= 0.3 is 0 Å². The second kappa shape index (κ2) is 9.58. The van der Waals surface area contributed by atoms with E-state index in [9.17, 15) is 9.18 Å². The van der Waals surface area contributed by atoms with Gasteiger partial charge < -0.3 is 14.6 Å². The molecule has 0 spiro atoms. The molecule has 0 atom stereocenters. The Morgan fingerprint density at radius 1 is 1.12 bits per heavy atom. The molecule has 0 fully saturated rings. The van der Waals surface area contributed by atoms with Crippen molar-refractivity contribution >= 4 is 27.5 Å². The van der Waals surface area contributed by atoms with Crippen molar-refractivity contribution in [2.45, 2.75) is 33.9 Å². The number of anilines is 1. The van der Waals surface area contributed by atoms with Crippen LogP contribution in [0.2, 0.25) is 0 Å². The second-order valence-corrected chi connectivity index (χ2v) is 8.51. The number of amides is 1. The number of carbonyl (C=O) groups excluding carboxylic acids is 1. The first-order valence-corrected chi connectivity index (χ1v) is 11.0. The predicted octanol–water partition coefficient (Wildman–Crippen LogP) is 5.58. The standard InChI is InChI=1S/C24H22BrFN4O3/c1-14-22(15(2)30(28-14)12-17-4-6-18(25)7-5-17)27-24(31)23-21(16(3)33-29-23)13-32-20-10-8-19(26)9-11-20/h4-11H,12-13H2,1-3H3,(H,27,31). The molecular formula is C24H22BrFN4O3. The third kappa shape index (κ3) is 5.14. The molecule has 0 saturated carbocycles. The van der Waals surface area contributed by atoms with E-state index in [1.165, 1.54) is 24.3 Å². The third-order valence-electron chi connectivity index (χ3n) is 5.26. The SMILES string of the molecule is Cc1nn(Cc2ccc(Br)cc2)c(C)c1NC(=O)c1noc(C)c1COc1ccc(F)cc1. The fourth-order valence-electron chi connectivity index (χ4n) is 3.39. The summed E-state index contributed by atoms with van der Waals surface area (Å²) in [4.78, 5) is 13.0. The largest absolute Gasteiger partial charge is 0.489 e. The molecule has 0 saturated heterocycles. The van der Waals surface area contributed by atoms with E-state index >= 15 is 0 Å². The van der Waals surface area contributed by atoms with Crippen LogP contribution >= 0.6 is 15.9 Å². The van der Waals surface area contributed by atoms with Gasteiger partial charge in [0.15, 0.2) is 5.69 Å². The van der Waals surface area contributed by atoms with Crippen molar-refractivity contribution < 1.29 is 18.4 Å². The molecule has 0 aliphatic carbocycles. The summed E-state index contributed by atoms with van der Waals surface area (Å²) >= 11 is 3.44. The summed E-state index contributed by atoms with van der Waals surface area (Å²) in [5.74, 6) is 0.180. The molecule has 33 heavy (non-hydrogen) atoms. The van der Waals surface area contributed by atoms with Crippen molar-refractivity contribution in [3.05, 3.63) is 92.8 Å².